The monoisotopic (exact) mass is 883 g/mol. The molecule has 0 saturated carbocycles. The third-order valence-electron chi connectivity index (χ3n) is 13.2. The van der Waals surface area contributed by atoms with Gasteiger partial charge in [-0.2, -0.15) is 19.9 Å². The molecule has 0 aliphatic carbocycles. The first kappa shape index (κ1) is 38.6. The van der Waals surface area contributed by atoms with Crippen LogP contribution in [0.15, 0.2) is 224 Å². The maximum atomic E-state index is 5.41. The van der Waals surface area contributed by atoms with Crippen molar-refractivity contribution >= 4 is 65.4 Å². The fraction of sp³-hybridized carbons (Fsp3) is 0. The second-order valence-electron chi connectivity index (χ2n) is 17.1. The van der Waals surface area contributed by atoms with E-state index < -0.39 is 0 Å². The lowest BCUT2D eigenvalue weighted by Gasteiger charge is -2.12. The van der Waals surface area contributed by atoms with Crippen LogP contribution in [0.5, 0.6) is 0 Å². The van der Waals surface area contributed by atoms with Crippen molar-refractivity contribution in [3.8, 4) is 63.1 Å². The van der Waals surface area contributed by atoms with Crippen molar-refractivity contribution in [3.63, 3.8) is 0 Å². The lowest BCUT2D eigenvalue weighted by atomic mass is 10.1. The molecule has 9 nitrogen and oxygen atoms in total. The Kier molecular flexibility index (Phi) is 8.68. The van der Waals surface area contributed by atoms with Gasteiger partial charge in [-0.05, 0) is 54.6 Å². The molecule has 0 N–H and O–H groups in total. The minimum atomic E-state index is 0.529. The van der Waals surface area contributed by atoms with Crippen molar-refractivity contribution in [1.82, 2.24) is 43.6 Å². The zero-order chi connectivity index (χ0) is 45.4. The number of hydrogen-bond donors (Lipinski definition) is 0. The summed E-state index contributed by atoms with van der Waals surface area (Å²) in [5.74, 6) is 3.39. The van der Waals surface area contributed by atoms with E-state index in [1.54, 1.807) is 0 Å². The topological polar surface area (TPSA) is 92.1 Å². The molecule has 14 aromatic rings. The summed E-state index contributed by atoms with van der Waals surface area (Å²) in [4.78, 5) is 31.2. The zero-order valence-corrected chi connectivity index (χ0v) is 36.9. The quantitative estimate of drug-likeness (QED) is 0.158. The van der Waals surface area contributed by atoms with Gasteiger partial charge in [0.2, 0.25) is 11.9 Å². The molecular weight excluding hydrogens is 847 g/mol. The Hall–Kier alpha value is -9.60. The summed E-state index contributed by atoms with van der Waals surface area (Å²) in [5.41, 5.74) is 10.9. The fourth-order valence-corrected chi connectivity index (χ4v) is 10.1. The highest BCUT2D eigenvalue weighted by molar-refractivity contribution is 6.26. The molecule has 0 unspecified atom stereocenters. The zero-order valence-electron chi connectivity index (χ0n) is 36.9. The Morgan fingerprint density at radius 3 is 1.19 bits per heavy atom. The van der Waals surface area contributed by atoms with Crippen molar-refractivity contribution < 1.29 is 0 Å². The molecule has 0 aliphatic heterocycles. The molecule has 5 heterocycles. The van der Waals surface area contributed by atoms with Crippen LogP contribution in [0.2, 0.25) is 0 Å². The van der Waals surface area contributed by atoms with Crippen molar-refractivity contribution in [2.45, 2.75) is 0 Å². The Morgan fingerprint density at radius 1 is 0.246 bits per heavy atom. The van der Waals surface area contributed by atoms with Gasteiger partial charge in [0.25, 0.3) is 0 Å². The van der Waals surface area contributed by atoms with Crippen LogP contribution < -0.4 is 0 Å². The van der Waals surface area contributed by atoms with Crippen LogP contribution in [0.1, 0.15) is 0 Å². The first-order chi connectivity index (χ1) is 34.2. The molecule has 0 radical (unpaired) electrons. The molecule has 0 saturated heterocycles. The largest absolute Gasteiger partial charge is 0.309 e. The van der Waals surface area contributed by atoms with Gasteiger partial charge in [0.05, 0.1) is 33.1 Å². The first-order valence-corrected chi connectivity index (χ1v) is 23.0. The van der Waals surface area contributed by atoms with E-state index in [0.29, 0.717) is 35.2 Å². The van der Waals surface area contributed by atoms with Crippen molar-refractivity contribution in [3.05, 3.63) is 224 Å². The number of hydrogen-bond acceptors (Lipinski definition) is 6. The molecule has 0 spiro atoms. The SMILES string of the molecule is c1ccc(-c2nc(-c3ccccc3)nc(-n3c4ccccc4c4cc(-c5nc(-c6ccccc6)nc(-n6c7ccccc7c7c6ccc6c8ccccc8n(-c8ccccc8)c67)n5)ccc43)n2)cc1. The van der Waals surface area contributed by atoms with Crippen molar-refractivity contribution in [2.24, 2.45) is 0 Å². The molecule has 322 valence electrons. The van der Waals surface area contributed by atoms with Crippen LogP contribution >= 0.6 is 0 Å². The molecule has 0 atom stereocenters. The average molecular weight is 884 g/mol. The van der Waals surface area contributed by atoms with Crippen molar-refractivity contribution in [1.29, 1.82) is 0 Å². The first-order valence-electron chi connectivity index (χ1n) is 23.0. The second-order valence-corrected chi connectivity index (χ2v) is 17.1. The van der Waals surface area contributed by atoms with E-state index in [-0.39, 0.29) is 0 Å². The van der Waals surface area contributed by atoms with E-state index in [1.807, 2.05) is 78.9 Å². The van der Waals surface area contributed by atoms with E-state index >= 15 is 0 Å². The van der Waals surface area contributed by atoms with Crippen LogP contribution in [0, 0.1) is 0 Å². The standard InChI is InChI=1S/C60H37N9/c1-5-19-38(20-6-1)55-61-56(39-21-7-2-8-22-39)64-59(63-55)68-49-31-17-14-28-44(49)47-37-41(33-35-51(47)68)58-62-57(40-23-9-3-10-24-40)65-60(66-58)69-50-32-18-15-29-46(50)53-52(69)36-34-45-43-27-13-16-30-48(43)67(54(45)53)42-25-11-4-12-26-42/h1-37H. The molecule has 0 aliphatic rings. The molecule has 0 bridgehead atoms. The van der Waals surface area contributed by atoms with E-state index in [4.69, 9.17) is 29.9 Å². The third-order valence-corrected chi connectivity index (χ3v) is 13.2. The Labute approximate surface area is 394 Å². The van der Waals surface area contributed by atoms with E-state index in [9.17, 15) is 0 Å². The highest BCUT2D eigenvalue weighted by atomic mass is 15.2. The molecule has 9 heteroatoms. The fourth-order valence-electron chi connectivity index (χ4n) is 10.1. The van der Waals surface area contributed by atoms with E-state index in [2.05, 4.69) is 159 Å². The van der Waals surface area contributed by atoms with Crippen LogP contribution in [0.3, 0.4) is 0 Å². The van der Waals surface area contributed by atoms with Gasteiger partial charge in [-0.1, -0.05) is 170 Å². The van der Waals surface area contributed by atoms with Gasteiger partial charge in [-0.25, -0.2) is 9.97 Å². The lowest BCUT2D eigenvalue weighted by Crippen LogP contribution is -2.07. The molecule has 0 fully saturated rings. The van der Waals surface area contributed by atoms with Gasteiger partial charge < -0.3 is 4.57 Å². The predicted molar refractivity (Wildman–Crippen MR) is 278 cm³/mol. The van der Waals surface area contributed by atoms with Crippen LogP contribution in [0.25, 0.3) is 129 Å². The smallest absolute Gasteiger partial charge is 0.238 e. The Bertz CT molecular complexity index is 4230. The number of benzene rings is 9. The minimum absolute atomic E-state index is 0.529. The number of fused-ring (bicyclic) bond motifs is 10. The summed E-state index contributed by atoms with van der Waals surface area (Å²) in [5, 5.41) is 6.69. The minimum Gasteiger partial charge on any atom is -0.309 e. The molecule has 69 heavy (non-hydrogen) atoms. The summed E-state index contributed by atoms with van der Waals surface area (Å²) in [6.45, 7) is 0. The van der Waals surface area contributed by atoms with Gasteiger partial charge in [0.1, 0.15) is 0 Å². The Morgan fingerprint density at radius 2 is 0.638 bits per heavy atom. The summed E-state index contributed by atoms with van der Waals surface area (Å²) >= 11 is 0. The molecule has 0 amide bonds. The van der Waals surface area contributed by atoms with Crippen LogP contribution in [-0.4, -0.2) is 43.6 Å². The third kappa shape index (κ3) is 6.18. The number of aromatic nitrogens is 9. The maximum Gasteiger partial charge on any atom is 0.238 e. The highest BCUT2D eigenvalue weighted by Crippen LogP contribution is 2.42. The summed E-state index contributed by atoms with van der Waals surface area (Å²) < 4.78 is 6.73. The van der Waals surface area contributed by atoms with Gasteiger partial charge in [0.15, 0.2) is 23.3 Å². The summed E-state index contributed by atoms with van der Waals surface area (Å²) in [6.07, 6.45) is 0. The second kappa shape index (κ2) is 15.5. The predicted octanol–water partition coefficient (Wildman–Crippen LogP) is 14.0. The number of para-hydroxylation sites is 4. The average Bonchev–Trinajstić information content (AvgIpc) is 4.07. The number of nitrogens with zero attached hydrogens (tertiary/aromatic N) is 9. The Balaban J connectivity index is 1.00. The molecule has 9 aromatic carbocycles. The maximum absolute atomic E-state index is 5.41. The lowest BCUT2D eigenvalue weighted by molar-refractivity contribution is 0.952. The van der Waals surface area contributed by atoms with E-state index in [1.165, 1.54) is 10.8 Å². The summed E-state index contributed by atoms with van der Waals surface area (Å²) in [7, 11) is 0. The normalized spacial score (nSPS) is 11.8. The highest BCUT2D eigenvalue weighted by Gasteiger charge is 2.24. The molecule has 5 aromatic heterocycles. The van der Waals surface area contributed by atoms with Gasteiger partial charge in [-0.15, -0.1) is 0 Å². The van der Waals surface area contributed by atoms with Gasteiger partial charge in [0, 0.05) is 60.3 Å². The van der Waals surface area contributed by atoms with Gasteiger partial charge >= 0.3 is 0 Å². The van der Waals surface area contributed by atoms with Crippen LogP contribution in [-0.2, 0) is 0 Å². The van der Waals surface area contributed by atoms with Gasteiger partial charge in [-0.3, -0.25) is 9.13 Å². The van der Waals surface area contributed by atoms with Crippen molar-refractivity contribution in [2.75, 3.05) is 0 Å². The summed E-state index contributed by atoms with van der Waals surface area (Å²) in [6, 6.07) is 77.4. The number of rotatable bonds is 7. The van der Waals surface area contributed by atoms with Crippen LogP contribution in [0.4, 0.5) is 0 Å². The molecular formula is C60H37N9. The van der Waals surface area contributed by atoms with E-state index in [0.717, 1.165) is 82.6 Å². The molecule has 14 rings (SSSR count).